The van der Waals surface area contributed by atoms with E-state index in [0.29, 0.717) is 0 Å². The van der Waals surface area contributed by atoms with Crippen molar-refractivity contribution in [2.24, 2.45) is 5.73 Å². The maximum atomic E-state index is 6.14. The smallest absolute Gasteiger partial charge is 0.0496 e. The second-order valence-electron chi connectivity index (χ2n) is 6.40. The molecule has 2 nitrogen and oxygen atoms in total. The molecule has 0 aliphatic carbocycles. The molecule has 2 rings (SSSR count). The molecule has 0 spiro atoms. The molecule has 0 radical (unpaired) electrons. The van der Waals surface area contributed by atoms with Crippen LogP contribution in [0.2, 0.25) is 0 Å². The van der Waals surface area contributed by atoms with E-state index >= 15 is 0 Å². The molecule has 1 aliphatic rings. The Morgan fingerprint density at radius 2 is 1.90 bits per heavy atom. The third-order valence-electron chi connectivity index (χ3n) is 4.80. The number of benzene rings is 1. The molecule has 0 aromatic heterocycles. The van der Waals surface area contributed by atoms with Crippen LogP contribution < -0.4 is 10.6 Å². The van der Waals surface area contributed by atoms with Gasteiger partial charge in [-0.05, 0) is 31.4 Å². The van der Waals surface area contributed by atoms with Crippen molar-refractivity contribution in [1.29, 1.82) is 0 Å². The average Bonchev–Trinajstić information content (AvgIpc) is 2.91. The van der Waals surface area contributed by atoms with Gasteiger partial charge in [-0.25, -0.2) is 0 Å². The van der Waals surface area contributed by atoms with Crippen molar-refractivity contribution >= 4 is 5.69 Å². The Hall–Kier alpha value is -1.02. The summed E-state index contributed by atoms with van der Waals surface area (Å²) in [6, 6.07) is 8.81. The van der Waals surface area contributed by atoms with Gasteiger partial charge >= 0.3 is 0 Å². The molecule has 2 N–H and O–H groups in total. The molecule has 1 aliphatic heterocycles. The third-order valence-corrected chi connectivity index (χ3v) is 4.80. The Kier molecular flexibility index (Phi) is 5.47. The molecule has 112 valence electrons. The van der Waals surface area contributed by atoms with Crippen LogP contribution in [0.4, 0.5) is 5.69 Å². The first-order chi connectivity index (χ1) is 9.71. The van der Waals surface area contributed by atoms with Crippen LogP contribution in [0.25, 0.3) is 0 Å². The summed E-state index contributed by atoms with van der Waals surface area (Å²) in [5, 5.41) is 0. The molecule has 0 saturated heterocycles. The molecule has 0 bridgehead atoms. The predicted octanol–water partition coefficient (Wildman–Crippen LogP) is 4.13. The van der Waals surface area contributed by atoms with Gasteiger partial charge in [0.05, 0.1) is 0 Å². The lowest BCUT2D eigenvalue weighted by Gasteiger charge is -2.40. The monoisotopic (exact) mass is 274 g/mol. The summed E-state index contributed by atoms with van der Waals surface area (Å²) in [7, 11) is 0. The van der Waals surface area contributed by atoms with Gasteiger partial charge in [-0.1, -0.05) is 57.2 Å². The molecular weight excluding hydrogens is 244 g/mol. The van der Waals surface area contributed by atoms with E-state index in [1.807, 2.05) is 0 Å². The number of fused-ring (bicyclic) bond motifs is 1. The standard InChI is InChI=1S/C18H30N2/c1-3-4-5-6-9-13-18(2,15-19)20-14-12-16-10-7-8-11-17(16)20/h7-8,10-11H,3-6,9,12-15,19H2,1-2H3. The van der Waals surface area contributed by atoms with E-state index < -0.39 is 0 Å². The van der Waals surface area contributed by atoms with Crippen LogP contribution in [0.5, 0.6) is 0 Å². The predicted molar refractivity (Wildman–Crippen MR) is 88.3 cm³/mol. The maximum absolute atomic E-state index is 6.14. The highest BCUT2D eigenvalue weighted by Gasteiger charge is 2.34. The summed E-state index contributed by atoms with van der Waals surface area (Å²) in [6.07, 6.45) is 9.07. The van der Waals surface area contributed by atoms with Crippen LogP contribution in [0, 0.1) is 0 Å². The fourth-order valence-electron chi connectivity index (χ4n) is 3.36. The molecular formula is C18H30N2. The van der Waals surface area contributed by atoms with Crippen molar-refractivity contribution in [3.63, 3.8) is 0 Å². The Bertz CT molecular complexity index is 416. The summed E-state index contributed by atoms with van der Waals surface area (Å²) >= 11 is 0. The highest BCUT2D eigenvalue weighted by atomic mass is 15.2. The third kappa shape index (κ3) is 3.35. The quantitative estimate of drug-likeness (QED) is 0.722. The first-order valence-corrected chi connectivity index (χ1v) is 8.27. The second kappa shape index (κ2) is 7.12. The van der Waals surface area contributed by atoms with Crippen LogP contribution in [-0.2, 0) is 6.42 Å². The molecule has 1 heterocycles. The molecule has 1 aromatic rings. The number of unbranched alkanes of at least 4 members (excludes halogenated alkanes) is 4. The van der Waals surface area contributed by atoms with E-state index in [1.54, 1.807) is 0 Å². The van der Waals surface area contributed by atoms with Gasteiger partial charge in [-0.2, -0.15) is 0 Å². The highest BCUT2D eigenvalue weighted by molar-refractivity contribution is 5.59. The maximum Gasteiger partial charge on any atom is 0.0496 e. The Balaban J connectivity index is 1.97. The molecule has 1 unspecified atom stereocenters. The van der Waals surface area contributed by atoms with Gasteiger partial charge in [-0.15, -0.1) is 0 Å². The number of para-hydroxylation sites is 1. The zero-order valence-electron chi connectivity index (χ0n) is 13.2. The first-order valence-electron chi connectivity index (χ1n) is 8.27. The minimum Gasteiger partial charge on any atom is -0.364 e. The zero-order valence-corrected chi connectivity index (χ0v) is 13.2. The zero-order chi connectivity index (χ0) is 14.4. The molecule has 0 amide bonds. The highest BCUT2D eigenvalue weighted by Crippen LogP contribution is 2.35. The van der Waals surface area contributed by atoms with E-state index in [4.69, 9.17) is 5.73 Å². The van der Waals surface area contributed by atoms with Crippen LogP contribution in [0.3, 0.4) is 0 Å². The minimum atomic E-state index is 0.124. The molecule has 0 fully saturated rings. The van der Waals surface area contributed by atoms with Gasteiger partial charge in [0.1, 0.15) is 0 Å². The molecule has 2 heteroatoms. The Labute approximate surface area is 124 Å². The lowest BCUT2D eigenvalue weighted by atomic mass is 9.91. The second-order valence-corrected chi connectivity index (χ2v) is 6.40. The SMILES string of the molecule is CCCCCCCC(C)(CN)N1CCc2ccccc21. The van der Waals surface area contributed by atoms with Crippen molar-refractivity contribution in [2.75, 3.05) is 18.0 Å². The summed E-state index contributed by atoms with van der Waals surface area (Å²) in [5.41, 5.74) is 9.16. The summed E-state index contributed by atoms with van der Waals surface area (Å²) in [6.45, 7) is 6.48. The van der Waals surface area contributed by atoms with Gasteiger partial charge in [0.2, 0.25) is 0 Å². The van der Waals surface area contributed by atoms with E-state index in [-0.39, 0.29) is 5.54 Å². The van der Waals surface area contributed by atoms with Crippen LogP contribution in [-0.4, -0.2) is 18.6 Å². The summed E-state index contributed by atoms with van der Waals surface area (Å²) in [4.78, 5) is 2.56. The largest absolute Gasteiger partial charge is 0.364 e. The number of rotatable bonds is 8. The van der Waals surface area contributed by atoms with Gasteiger partial charge in [-0.3, -0.25) is 0 Å². The molecule has 1 atom stereocenters. The lowest BCUT2D eigenvalue weighted by molar-refractivity contribution is 0.387. The lowest BCUT2D eigenvalue weighted by Crippen LogP contribution is -2.51. The minimum absolute atomic E-state index is 0.124. The van der Waals surface area contributed by atoms with Gasteiger partial charge in [0.25, 0.3) is 0 Å². The van der Waals surface area contributed by atoms with Crippen molar-refractivity contribution < 1.29 is 0 Å². The topological polar surface area (TPSA) is 29.3 Å². The number of hydrogen-bond donors (Lipinski definition) is 1. The van der Waals surface area contributed by atoms with E-state index in [9.17, 15) is 0 Å². The summed E-state index contributed by atoms with van der Waals surface area (Å²) in [5.74, 6) is 0. The number of nitrogens with two attached hydrogens (primary N) is 1. The summed E-state index contributed by atoms with van der Waals surface area (Å²) < 4.78 is 0. The van der Waals surface area contributed by atoms with Gasteiger partial charge in [0, 0.05) is 24.3 Å². The van der Waals surface area contributed by atoms with E-state index in [1.165, 1.54) is 56.2 Å². The van der Waals surface area contributed by atoms with Crippen molar-refractivity contribution in [3.05, 3.63) is 29.8 Å². The Morgan fingerprint density at radius 1 is 1.15 bits per heavy atom. The van der Waals surface area contributed by atoms with Crippen LogP contribution in [0.15, 0.2) is 24.3 Å². The van der Waals surface area contributed by atoms with Gasteiger partial charge in [0.15, 0.2) is 0 Å². The Morgan fingerprint density at radius 3 is 2.65 bits per heavy atom. The normalized spacial score (nSPS) is 17.1. The van der Waals surface area contributed by atoms with E-state index in [0.717, 1.165) is 13.1 Å². The fourth-order valence-corrected chi connectivity index (χ4v) is 3.36. The van der Waals surface area contributed by atoms with Crippen molar-refractivity contribution in [2.45, 2.75) is 64.3 Å². The number of hydrogen-bond acceptors (Lipinski definition) is 2. The van der Waals surface area contributed by atoms with Crippen LogP contribution in [0.1, 0.15) is 57.9 Å². The first kappa shape index (κ1) is 15.4. The average molecular weight is 274 g/mol. The van der Waals surface area contributed by atoms with Crippen molar-refractivity contribution in [1.82, 2.24) is 0 Å². The number of anilines is 1. The van der Waals surface area contributed by atoms with Gasteiger partial charge < -0.3 is 10.6 Å². The van der Waals surface area contributed by atoms with Crippen molar-refractivity contribution in [3.8, 4) is 0 Å². The van der Waals surface area contributed by atoms with Crippen LogP contribution >= 0.6 is 0 Å². The van der Waals surface area contributed by atoms with E-state index in [2.05, 4.69) is 43.0 Å². The number of nitrogens with zero attached hydrogens (tertiary/aromatic N) is 1. The molecule has 1 aromatic carbocycles. The molecule has 20 heavy (non-hydrogen) atoms. The molecule has 0 saturated carbocycles. The fraction of sp³-hybridized carbons (Fsp3) is 0.667.